The number of hydrogen-bond acceptors (Lipinski definition) is 4. The number of amides is 2. The molecule has 1 fully saturated rings. The van der Waals surface area contributed by atoms with Crippen molar-refractivity contribution in [2.75, 3.05) is 13.1 Å². The van der Waals surface area contributed by atoms with Gasteiger partial charge in [-0.25, -0.2) is 4.79 Å². The zero-order valence-electron chi connectivity index (χ0n) is 18.0. The van der Waals surface area contributed by atoms with Crippen LogP contribution in [0.15, 0.2) is 42.6 Å². The summed E-state index contributed by atoms with van der Waals surface area (Å²) in [6.07, 6.45) is 2.05. The molecule has 0 saturated carbocycles. The summed E-state index contributed by atoms with van der Waals surface area (Å²) < 4.78 is 5.99. The van der Waals surface area contributed by atoms with Gasteiger partial charge in [0.1, 0.15) is 17.5 Å². The SMILES string of the molecule is CC(C)(C)N(Cc1ccnc(C(=O)N2CCC(Oc3ccc(Cl)cc3)CC2)c1)C(=O)O. The smallest absolute Gasteiger partial charge is 0.408 e. The van der Waals surface area contributed by atoms with E-state index < -0.39 is 11.6 Å². The summed E-state index contributed by atoms with van der Waals surface area (Å²) in [5, 5.41) is 10.2. The molecule has 1 aromatic heterocycles. The van der Waals surface area contributed by atoms with Gasteiger partial charge in [-0.2, -0.15) is 0 Å². The van der Waals surface area contributed by atoms with Gasteiger partial charge in [-0.3, -0.25) is 14.7 Å². The van der Waals surface area contributed by atoms with E-state index in [9.17, 15) is 14.7 Å². The largest absolute Gasteiger partial charge is 0.490 e. The Kier molecular flexibility index (Phi) is 7.05. The Morgan fingerprint density at radius 1 is 1.19 bits per heavy atom. The molecule has 2 heterocycles. The molecule has 2 aromatic rings. The molecule has 3 rings (SSSR count). The lowest BCUT2D eigenvalue weighted by Gasteiger charge is -2.33. The number of carbonyl (C=O) groups excluding carboxylic acids is 1. The topological polar surface area (TPSA) is 83.0 Å². The number of aromatic nitrogens is 1. The summed E-state index contributed by atoms with van der Waals surface area (Å²) in [4.78, 5) is 31.9. The van der Waals surface area contributed by atoms with E-state index in [1.807, 2.05) is 32.9 Å². The van der Waals surface area contributed by atoms with Gasteiger partial charge in [0.2, 0.25) is 0 Å². The maximum atomic E-state index is 12.9. The minimum absolute atomic E-state index is 0.0421. The lowest BCUT2D eigenvalue weighted by Crippen LogP contribution is -2.44. The van der Waals surface area contributed by atoms with Gasteiger partial charge in [-0.05, 0) is 62.7 Å². The van der Waals surface area contributed by atoms with Crippen LogP contribution in [-0.2, 0) is 6.54 Å². The molecule has 0 bridgehead atoms. The number of ether oxygens (including phenoxy) is 1. The van der Waals surface area contributed by atoms with Gasteiger partial charge >= 0.3 is 6.09 Å². The number of halogens is 1. The normalized spacial score (nSPS) is 14.9. The van der Waals surface area contributed by atoms with Gasteiger partial charge in [0.05, 0.1) is 0 Å². The van der Waals surface area contributed by atoms with Gasteiger partial charge in [-0.1, -0.05) is 11.6 Å². The molecule has 0 unspecified atom stereocenters. The Balaban J connectivity index is 1.60. The first-order valence-electron chi connectivity index (χ1n) is 10.3. The quantitative estimate of drug-likeness (QED) is 0.721. The van der Waals surface area contributed by atoms with Crippen molar-refractivity contribution in [1.82, 2.24) is 14.8 Å². The van der Waals surface area contributed by atoms with Crippen LogP contribution in [0.1, 0.15) is 49.7 Å². The number of carbonyl (C=O) groups is 2. The van der Waals surface area contributed by atoms with Crippen molar-refractivity contribution in [3.8, 4) is 5.75 Å². The highest BCUT2D eigenvalue weighted by molar-refractivity contribution is 6.30. The molecule has 0 aliphatic carbocycles. The number of hydrogen-bond donors (Lipinski definition) is 1. The number of pyridine rings is 1. The Morgan fingerprint density at radius 2 is 1.84 bits per heavy atom. The second-order valence-electron chi connectivity index (χ2n) is 8.65. The summed E-state index contributed by atoms with van der Waals surface area (Å²) in [5.74, 6) is 0.620. The zero-order chi connectivity index (χ0) is 22.6. The third-order valence-electron chi connectivity index (χ3n) is 5.27. The minimum atomic E-state index is -1.00. The van der Waals surface area contributed by atoms with Gasteiger partial charge in [0.25, 0.3) is 5.91 Å². The van der Waals surface area contributed by atoms with E-state index in [0.29, 0.717) is 23.8 Å². The standard InChI is InChI=1S/C23H28ClN3O4/c1-23(2,3)27(22(29)30)15-16-8-11-25-20(14-16)21(28)26-12-9-19(10-13-26)31-18-6-4-17(24)5-7-18/h4-8,11,14,19H,9-10,12-13,15H2,1-3H3,(H,29,30). The fraction of sp³-hybridized carbons (Fsp3) is 0.435. The molecule has 1 aliphatic rings. The van der Waals surface area contributed by atoms with E-state index >= 15 is 0 Å². The molecule has 0 atom stereocenters. The molecule has 0 spiro atoms. The molecule has 7 nitrogen and oxygen atoms in total. The van der Waals surface area contributed by atoms with Gasteiger partial charge in [0, 0.05) is 49.2 Å². The van der Waals surface area contributed by atoms with Gasteiger partial charge in [0.15, 0.2) is 0 Å². The highest BCUT2D eigenvalue weighted by atomic mass is 35.5. The number of rotatable bonds is 5. The van der Waals surface area contributed by atoms with Crippen LogP contribution in [0.4, 0.5) is 4.79 Å². The van der Waals surface area contributed by atoms with Crippen LogP contribution < -0.4 is 4.74 Å². The summed E-state index contributed by atoms with van der Waals surface area (Å²) in [5.41, 5.74) is 0.510. The van der Waals surface area contributed by atoms with Crippen molar-refractivity contribution < 1.29 is 19.4 Å². The van der Waals surface area contributed by atoms with Crippen LogP contribution >= 0.6 is 11.6 Å². The lowest BCUT2D eigenvalue weighted by atomic mass is 10.0. The second-order valence-corrected chi connectivity index (χ2v) is 9.09. The first-order chi connectivity index (χ1) is 14.6. The third kappa shape index (κ3) is 6.10. The van der Waals surface area contributed by atoms with E-state index in [0.717, 1.165) is 24.2 Å². The Labute approximate surface area is 187 Å². The highest BCUT2D eigenvalue weighted by Gasteiger charge is 2.28. The van der Waals surface area contributed by atoms with Crippen molar-refractivity contribution in [3.05, 3.63) is 58.9 Å². The average molecular weight is 446 g/mol. The van der Waals surface area contributed by atoms with Gasteiger partial charge in [-0.15, -0.1) is 0 Å². The molecule has 166 valence electrons. The number of benzene rings is 1. The van der Waals surface area contributed by atoms with Crippen LogP contribution in [0, 0.1) is 0 Å². The van der Waals surface area contributed by atoms with Crippen molar-refractivity contribution in [3.63, 3.8) is 0 Å². The molecular formula is C23H28ClN3O4. The summed E-state index contributed by atoms with van der Waals surface area (Å²) >= 11 is 5.91. The molecular weight excluding hydrogens is 418 g/mol. The lowest BCUT2D eigenvalue weighted by molar-refractivity contribution is 0.0590. The predicted molar refractivity (Wildman–Crippen MR) is 119 cm³/mol. The van der Waals surface area contributed by atoms with E-state index in [1.165, 1.54) is 4.90 Å². The maximum absolute atomic E-state index is 12.9. The van der Waals surface area contributed by atoms with E-state index in [4.69, 9.17) is 16.3 Å². The molecule has 1 saturated heterocycles. The molecule has 1 N–H and O–H groups in total. The fourth-order valence-electron chi connectivity index (χ4n) is 3.51. The minimum Gasteiger partial charge on any atom is -0.490 e. The van der Waals surface area contributed by atoms with E-state index in [1.54, 1.807) is 35.4 Å². The predicted octanol–water partition coefficient (Wildman–Crippen LogP) is 4.70. The highest BCUT2D eigenvalue weighted by Crippen LogP contribution is 2.22. The number of likely N-dealkylation sites (tertiary alicyclic amines) is 1. The van der Waals surface area contributed by atoms with E-state index in [-0.39, 0.29) is 18.6 Å². The van der Waals surface area contributed by atoms with Crippen molar-refractivity contribution in [2.24, 2.45) is 0 Å². The Bertz CT molecular complexity index is 919. The summed E-state index contributed by atoms with van der Waals surface area (Å²) in [6.45, 7) is 6.86. The van der Waals surface area contributed by atoms with Crippen molar-refractivity contribution >= 4 is 23.6 Å². The fourth-order valence-corrected chi connectivity index (χ4v) is 3.63. The van der Waals surface area contributed by atoms with E-state index in [2.05, 4.69) is 4.98 Å². The Hall–Kier alpha value is -2.80. The van der Waals surface area contributed by atoms with Crippen molar-refractivity contribution in [2.45, 2.75) is 51.8 Å². The monoisotopic (exact) mass is 445 g/mol. The number of piperidine rings is 1. The molecule has 0 radical (unpaired) electrons. The van der Waals surface area contributed by atoms with Crippen LogP contribution in [0.5, 0.6) is 5.75 Å². The van der Waals surface area contributed by atoms with Crippen LogP contribution in [0.25, 0.3) is 0 Å². The van der Waals surface area contributed by atoms with Crippen molar-refractivity contribution in [1.29, 1.82) is 0 Å². The second kappa shape index (κ2) is 9.56. The third-order valence-corrected chi connectivity index (χ3v) is 5.52. The Morgan fingerprint density at radius 3 is 2.42 bits per heavy atom. The molecule has 31 heavy (non-hydrogen) atoms. The summed E-state index contributed by atoms with van der Waals surface area (Å²) in [6, 6.07) is 10.7. The summed E-state index contributed by atoms with van der Waals surface area (Å²) in [7, 11) is 0. The van der Waals surface area contributed by atoms with Crippen LogP contribution in [0.2, 0.25) is 5.02 Å². The number of carboxylic acid groups (broad SMARTS) is 1. The molecule has 1 aromatic carbocycles. The molecule has 8 heteroatoms. The molecule has 1 aliphatic heterocycles. The van der Waals surface area contributed by atoms with Gasteiger partial charge < -0.3 is 14.7 Å². The first kappa shape index (κ1) is 22.9. The average Bonchev–Trinajstić information content (AvgIpc) is 2.73. The van der Waals surface area contributed by atoms with Crippen LogP contribution in [0.3, 0.4) is 0 Å². The molecule has 2 amide bonds. The maximum Gasteiger partial charge on any atom is 0.408 e. The zero-order valence-corrected chi connectivity index (χ0v) is 18.8. The first-order valence-corrected chi connectivity index (χ1v) is 10.7. The number of nitrogens with zero attached hydrogens (tertiary/aromatic N) is 3. The van der Waals surface area contributed by atoms with Crippen LogP contribution in [-0.4, -0.2) is 56.6 Å².